The molecule has 0 radical (unpaired) electrons. The molecule has 5 nitrogen and oxygen atoms in total. The first kappa shape index (κ1) is 13.2. The first-order chi connectivity index (χ1) is 8.56. The van der Waals surface area contributed by atoms with Crippen LogP contribution in [0, 0.1) is 13.8 Å². The summed E-state index contributed by atoms with van der Waals surface area (Å²) < 4.78 is 0. The third-order valence-corrected chi connectivity index (χ3v) is 4.26. The summed E-state index contributed by atoms with van der Waals surface area (Å²) in [5.41, 5.74) is 3.90. The fourth-order valence-corrected chi connectivity index (χ4v) is 2.87. The Morgan fingerprint density at radius 3 is 2.67 bits per heavy atom. The van der Waals surface area contributed by atoms with Gasteiger partial charge in [-0.3, -0.25) is 4.90 Å². The minimum atomic E-state index is 0.723. The molecule has 3 N–H and O–H groups in total. The molecule has 0 saturated carbocycles. The number of aryl methyl sites for hydroxylation is 2. The lowest BCUT2D eigenvalue weighted by atomic mass is 10.2. The molecule has 0 aromatic carbocycles. The lowest BCUT2D eigenvalue weighted by molar-refractivity contribution is 0.337. The van der Waals surface area contributed by atoms with E-state index in [2.05, 4.69) is 41.1 Å². The topological polar surface area (TPSA) is 67.1 Å². The summed E-state index contributed by atoms with van der Waals surface area (Å²) >= 11 is 1.69. The summed E-state index contributed by atoms with van der Waals surface area (Å²) in [5.74, 6) is 7.11. The summed E-state index contributed by atoms with van der Waals surface area (Å²) in [6.07, 6.45) is 0. The number of rotatable bonds is 4. The molecule has 0 amide bonds. The fraction of sp³-hybridized carbons (Fsp3) is 0.500. The number of thiophene rings is 1. The molecule has 0 unspecified atom stereocenters. The highest BCUT2D eigenvalue weighted by Gasteiger charge is 2.14. The number of nitrogen functional groups attached to an aromatic ring is 1. The maximum atomic E-state index is 5.58. The van der Waals surface area contributed by atoms with E-state index >= 15 is 0 Å². The highest BCUT2D eigenvalue weighted by molar-refractivity contribution is 7.18. The second-order valence-electron chi connectivity index (χ2n) is 4.43. The smallest absolute Gasteiger partial charge is 0.152 e. The van der Waals surface area contributed by atoms with E-state index in [-0.39, 0.29) is 0 Å². The summed E-state index contributed by atoms with van der Waals surface area (Å²) in [6, 6.07) is 0. The van der Waals surface area contributed by atoms with Gasteiger partial charge in [0.25, 0.3) is 0 Å². The van der Waals surface area contributed by atoms with Crippen molar-refractivity contribution in [1.82, 2.24) is 14.9 Å². The normalized spacial score (nSPS) is 11.4. The standard InChI is InChI=1S/C12H19N5S/c1-5-17(4)6-9-14-11(16-13)10-7(2)8(3)18-12(10)15-9/h5-6,13H2,1-4H3,(H,14,15,16). The molecule has 6 heteroatoms. The largest absolute Gasteiger partial charge is 0.308 e. The van der Waals surface area contributed by atoms with E-state index in [9.17, 15) is 0 Å². The van der Waals surface area contributed by atoms with E-state index < -0.39 is 0 Å². The molecule has 0 atom stereocenters. The first-order valence-electron chi connectivity index (χ1n) is 5.98. The molecule has 0 aliphatic heterocycles. The van der Waals surface area contributed by atoms with Gasteiger partial charge in [0.05, 0.1) is 11.9 Å². The molecule has 0 spiro atoms. The van der Waals surface area contributed by atoms with Crippen LogP contribution in [0.2, 0.25) is 0 Å². The van der Waals surface area contributed by atoms with Crippen LogP contribution in [0.15, 0.2) is 0 Å². The van der Waals surface area contributed by atoms with Crippen molar-refractivity contribution >= 4 is 27.4 Å². The van der Waals surface area contributed by atoms with E-state index in [0.29, 0.717) is 0 Å². The summed E-state index contributed by atoms with van der Waals surface area (Å²) in [5, 5.41) is 1.04. The Balaban J connectivity index is 2.53. The van der Waals surface area contributed by atoms with E-state index in [1.807, 2.05) is 7.05 Å². The van der Waals surface area contributed by atoms with Crippen molar-refractivity contribution in [2.45, 2.75) is 27.3 Å². The van der Waals surface area contributed by atoms with E-state index in [4.69, 9.17) is 5.84 Å². The van der Waals surface area contributed by atoms with Crippen molar-refractivity contribution in [2.24, 2.45) is 5.84 Å². The summed E-state index contributed by atoms with van der Waals surface area (Å²) in [6.45, 7) is 7.99. The molecular weight excluding hydrogens is 246 g/mol. The molecule has 0 bridgehead atoms. The van der Waals surface area contributed by atoms with Crippen molar-refractivity contribution in [2.75, 3.05) is 19.0 Å². The number of nitrogens with one attached hydrogen (secondary N) is 1. The molecule has 0 saturated heterocycles. The number of anilines is 1. The molecule has 0 aliphatic carbocycles. The monoisotopic (exact) mass is 265 g/mol. The van der Waals surface area contributed by atoms with Gasteiger partial charge in [-0.2, -0.15) is 0 Å². The van der Waals surface area contributed by atoms with Crippen molar-refractivity contribution in [1.29, 1.82) is 0 Å². The van der Waals surface area contributed by atoms with Gasteiger partial charge in [-0.15, -0.1) is 11.3 Å². The van der Waals surface area contributed by atoms with Crippen LogP contribution in [-0.2, 0) is 6.54 Å². The summed E-state index contributed by atoms with van der Waals surface area (Å²) in [7, 11) is 2.05. The molecular formula is C12H19N5S. The average molecular weight is 265 g/mol. The predicted molar refractivity (Wildman–Crippen MR) is 76.7 cm³/mol. The number of fused-ring (bicyclic) bond motifs is 1. The molecule has 0 fully saturated rings. The zero-order valence-corrected chi connectivity index (χ0v) is 12.1. The second-order valence-corrected chi connectivity index (χ2v) is 5.63. The lowest BCUT2D eigenvalue weighted by Crippen LogP contribution is -2.19. The van der Waals surface area contributed by atoms with Crippen LogP contribution in [0.1, 0.15) is 23.2 Å². The number of hydrogen-bond donors (Lipinski definition) is 2. The number of hydrazine groups is 1. The van der Waals surface area contributed by atoms with Gasteiger partial charge in [0.1, 0.15) is 10.7 Å². The van der Waals surface area contributed by atoms with E-state index in [1.165, 1.54) is 10.4 Å². The molecule has 2 rings (SSSR count). The molecule has 18 heavy (non-hydrogen) atoms. The van der Waals surface area contributed by atoms with Gasteiger partial charge in [0.2, 0.25) is 0 Å². The Morgan fingerprint density at radius 2 is 2.06 bits per heavy atom. The Kier molecular flexibility index (Phi) is 3.79. The SMILES string of the molecule is CCN(C)Cc1nc(NN)c2c(C)c(C)sc2n1. The van der Waals surface area contributed by atoms with Crippen LogP contribution < -0.4 is 11.3 Å². The van der Waals surface area contributed by atoms with Crippen LogP contribution in [0.25, 0.3) is 10.2 Å². The van der Waals surface area contributed by atoms with Gasteiger partial charge in [-0.25, -0.2) is 15.8 Å². The Labute approximate surface area is 111 Å². The number of nitrogens with zero attached hydrogens (tertiary/aromatic N) is 3. The Morgan fingerprint density at radius 1 is 1.33 bits per heavy atom. The molecule has 2 aromatic heterocycles. The number of aromatic nitrogens is 2. The van der Waals surface area contributed by atoms with Crippen LogP contribution in [0.3, 0.4) is 0 Å². The second kappa shape index (κ2) is 5.17. The van der Waals surface area contributed by atoms with Crippen molar-refractivity contribution in [3.63, 3.8) is 0 Å². The van der Waals surface area contributed by atoms with Crippen molar-refractivity contribution in [3.05, 3.63) is 16.3 Å². The summed E-state index contributed by atoms with van der Waals surface area (Å²) in [4.78, 5) is 13.6. The lowest BCUT2D eigenvalue weighted by Gasteiger charge is -2.13. The number of hydrogen-bond acceptors (Lipinski definition) is 6. The minimum absolute atomic E-state index is 0.723. The molecule has 0 aliphatic rings. The minimum Gasteiger partial charge on any atom is -0.308 e. The quantitative estimate of drug-likeness (QED) is 0.654. The van der Waals surface area contributed by atoms with Gasteiger partial charge >= 0.3 is 0 Å². The van der Waals surface area contributed by atoms with Gasteiger partial charge < -0.3 is 5.43 Å². The predicted octanol–water partition coefficient (Wildman–Crippen LogP) is 2.05. The Bertz CT molecular complexity index is 563. The average Bonchev–Trinajstić information content (AvgIpc) is 2.64. The maximum absolute atomic E-state index is 5.58. The third kappa shape index (κ3) is 2.31. The van der Waals surface area contributed by atoms with Crippen LogP contribution in [0.4, 0.5) is 5.82 Å². The molecule has 2 aromatic rings. The number of nitrogens with two attached hydrogens (primary N) is 1. The van der Waals surface area contributed by atoms with Gasteiger partial charge in [0.15, 0.2) is 5.82 Å². The van der Waals surface area contributed by atoms with E-state index in [0.717, 1.165) is 34.9 Å². The molecule has 2 heterocycles. The fourth-order valence-electron chi connectivity index (χ4n) is 1.82. The zero-order valence-electron chi connectivity index (χ0n) is 11.2. The van der Waals surface area contributed by atoms with Gasteiger partial charge in [-0.1, -0.05) is 6.92 Å². The van der Waals surface area contributed by atoms with Crippen molar-refractivity contribution in [3.8, 4) is 0 Å². The van der Waals surface area contributed by atoms with Gasteiger partial charge in [-0.05, 0) is 33.0 Å². The Hall–Kier alpha value is -1.24. The third-order valence-electron chi connectivity index (χ3n) is 3.16. The van der Waals surface area contributed by atoms with Crippen LogP contribution in [0.5, 0.6) is 0 Å². The zero-order chi connectivity index (χ0) is 13.3. The first-order valence-corrected chi connectivity index (χ1v) is 6.80. The highest BCUT2D eigenvalue weighted by Crippen LogP contribution is 2.32. The molecule has 98 valence electrons. The van der Waals surface area contributed by atoms with Gasteiger partial charge in [0, 0.05) is 4.88 Å². The van der Waals surface area contributed by atoms with Crippen LogP contribution >= 0.6 is 11.3 Å². The van der Waals surface area contributed by atoms with E-state index in [1.54, 1.807) is 11.3 Å². The van der Waals surface area contributed by atoms with Crippen molar-refractivity contribution < 1.29 is 0 Å². The highest BCUT2D eigenvalue weighted by atomic mass is 32.1. The maximum Gasteiger partial charge on any atom is 0.152 e. The van der Waals surface area contributed by atoms with Crippen LogP contribution in [-0.4, -0.2) is 28.5 Å².